The Hall–Kier alpha value is 0.434. The van der Waals surface area contributed by atoms with Crippen molar-refractivity contribution in [2.45, 2.75) is 154 Å². The van der Waals surface area contributed by atoms with Crippen LogP contribution in [0, 0.1) is 5.92 Å². The van der Waals surface area contributed by atoms with Gasteiger partial charge in [-0.3, -0.25) is 0 Å². The molecule has 0 aliphatic heterocycles. The zero-order chi connectivity index (χ0) is 21.4. The fourth-order valence-electron chi connectivity index (χ4n) is 9.81. The number of rotatable bonds is 8. The molecule has 27 heavy (non-hydrogen) atoms. The van der Waals surface area contributed by atoms with Gasteiger partial charge in [-0.05, 0) is 10.6 Å². The predicted molar refractivity (Wildman–Crippen MR) is 132 cm³/mol. The summed E-state index contributed by atoms with van der Waals surface area (Å²) in [4.78, 5) is 0. The van der Waals surface area contributed by atoms with E-state index in [1.54, 1.807) is 12.8 Å². The minimum Gasteiger partial charge on any atom is -0.0651 e. The average molecular weight is 411 g/mol. The molecule has 0 aromatic rings. The molecule has 2 heteroatoms. The first-order chi connectivity index (χ1) is 12.3. The molecule has 162 valence electrons. The van der Waals surface area contributed by atoms with Crippen molar-refractivity contribution in [3.63, 3.8) is 0 Å². The first-order valence-electron chi connectivity index (χ1n) is 12.3. The van der Waals surface area contributed by atoms with Gasteiger partial charge in [0.15, 0.2) is 0 Å². The topological polar surface area (TPSA) is 0 Å². The van der Waals surface area contributed by atoms with E-state index >= 15 is 0 Å². The molecular formula is C25H54Si2. The van der Waals surface area contributed by atoms with Crippen LogP contribution in [0.1, 0.15) is 116 Å². The minimum atomic E-state index is -1.57. The molecule has 0 heterocycles. The quantitative estimate of drug-likeness (QED) is 0.349. The Morgan fingerprint density at radius 3 is 0.926 bits per heavy atom. The third-order valence-electron chi connectivity index (χ3n) is 9.52. The van der Waals surface area contributed by atoms with Crippen molar-refractivity contribution in [2.75, 3.05) is 0 Å². The molecule has 1 saturated carbocycles. The summed E-state index contributed by atoms with van der Waals surface area (Å²) >= 11 is 0. The summed E-state index contributed by atoms with van der Waals surface area (Å²) in [5.74, 6) is 0.939. The van der Waals surface area contributed by atoms with Gasteiger partial charge in [0.05, 0.1) is 16.1 Å². The molecule has 0 spiro atoms. The second-order valence-corrected chi connectivity index (χ2v) is 25.1. The lowest BCUT2D eigenvalue weighted by atomic mass is 9.90. The molecule has 1 rings (SSSR count). The van der Waals surface area contributed by atoms with Crippen LogP contribution in [-0.2, 0) is 0 Å². The van der Waals surface area contributed by atoms with Crippen molar-refractivity contribution < 1.29 is 0 Å². The SMILES string of the molecule is CC1CCC([Si](C(C)C)(C(C)C)C(C)C)([Si](C(C)C)(C(C)C)C(C)C)CC1. The lowest BCUT2D eigenvalue weighted by molar-refractivity contribution is 0.330. The van der Waals surface area contributed by atoms with E-state index in [1.807, 2.05) is 0 Å². The lowest BCUT2D eigenvalue weighted by Crippen LogP contribution is -2.70. The van der Waals surface area contributed by atoms with Gasteiger partial charge in [0.1, 0.15) is 0 Å². The summed E-state index contributed by atoms with van der Waals surface area (Å²) in [5, 5.41) is 0. The maximum absolute atomic E-state index is 2.63. The maximum Gasteiger partial charge on any atom is 0.0649 e. The van der Waals surface area contributed by atoms with Gasteiger partial charge >= 0.3 is 0 Å². The third kappa shape index (κ3) is 3.58. The highest BCUT2D eigenvalue weighted by Crippen LogP contribution is 2.73. The van der Waals surface area contributed by atoms with Crippen molar-refractivity contribution in [3.8, 4) is 0 Å². The number of hydrogen-bond acceptors (Lipinski definition) is 0. The molecule has 1 aliphatic carbocycles. The van der Waals surface area contributed by atoms with Crippen LogP contribution >= 0.6 is 0 Å². The highest BCUT2D eigenvalue weighted by molar-refractivity contribution is 7.04. The second kappa shape index (κ2) is 9.06. The maximum atomic E-state index is 2.63. The van der Waals surface area contributed by atoms with Crippen LogP contribution in [0.3, 0.4) is 0 Å². The van der Waals surface area contributed by atoms with Crippen molar-refractivity contribution in [2.24, 2.45) is 5.92 Å². The molecule has 0 atom stereocenters. The fourth-order valence-corrected chi connectivity index (χ4v) is 34.9. The van der Waals surface area contributed by atoms with Gasteiger partial charge in [-0.15, -0.1) is 0 Å². The van der Waals surface area contributed by atoms with E-state index in [4.69, 9.17) is 0 Å². The Morgan fingerprint density at radius 2 is 0.741 bits per heavy atom. The summed E-state index contributed by atoms with van der Waals surface area (Å²) in [6, 6.07) is 0. The van der Waals surface area contributed by atoms with Crippen LogP contribution in [0.2, 0.25) is 37.9 Å². The smallest absolute Gasteiger partial charge is 0.0649 e. The van der Waals surface area contributed by atoms with Gasteiger partial charge in [0.25, 0.3) is 0 Å². The van der Waals surface area contributed by atoms with E-state index in [1.165, 1.54) is 12.8 Å². The van der Waals surface area contributed by atoms with E-state index in [9.17, 15) is 0 Å². The van der Waals surface area contributed by atoms with Gasteiger partial charge in [0, 0.05) is 0 Å². The summed E-state index contributed by atoms with van der Waals surface area (Å²) in [5.41, 5.74) is 5.30. The van der Waals surface area contributed by atoms with Crippen molar-refractivity contribution in [3.05, 3.63) is 0 Å². The highest BCUT2D eigenvalue weighted by atomic mass is 28.4. The van der Waals surface area contributed by atoms with Crippen LogP contribution in [0.25, 0.3) is 0 Å². The predicted octanol–water partition coefficient (Wildman–Crippen LogP) is 9.83. The molecule has 1 aliphatic rings. The normalized spacial score (nSPS) is 20.1. The first-order valence-corrected chi connectivity index (χ1v) is 16.7. The van der Waals surface area contributed by atoms with Gasteiger partial charge in [0.2, 0.25) is 0 Å². The van der Waals surface area contributed by atoms with E-state index in [2.05, 4.69) is 90.0 Å². The molecule has 0 amide bonds. The van der Waals surface area contributed by atoms with E-state index in [0.29, 0.717) is 4.66 Å². The van der Waals surface area contributed by atoms with Gasteiger partial charge in [-0.25, -0.2) is 0 Å². The van der Waals surface area contributed by atoms with E-state index in [0.717, 1.165) is 39.2 Å². The Morgan fingerprint density at radius 1 is 0.519 bits per heavy atom. The Kier molecular flexibility index (Phi) is 8.55. The fraction of sp³-hybridized carbons (Fsp3) is 1.00. The highest BCUT2D eigenvalue weighted by Gasteiger charge is 2.69. The van der Waals surface area contributed by atoms with Crippen LogP contribution in [-0.4, -0.2) is 16.1 Å². The monoisotopic (exact) mass is 410 g/mol. The molecule has 0 aromatic carbocycles. The van der Waals surface area contributed by atoms with Gasteiger partial charge < -0.3 is 0 Å². The van der Waals surface area contributed by atoms with E-state index in [-0.39, 0.29) is 0 Å². The third-order valence-corrected chi connectivity index (χ3v) is 27.9. The summed E-state index contributed by atoms with van der Waals surface area (Å²) < 4.78 is 0.694. The van der Waals surface area contributed by atoms with E-state index < -0.39 is 16.1 Å². The Labute approximate surface area is 175 Å². The molecule has 0 unspecified atom stereocenters. The molecular weight excluding hydrogens is 356 g/mol. The van der Waals surface area contributed by atoms with Crippen LogP contribution < -0.4 is 0 Å². The Balaban J connectivity index is 4.02. The largest absolute Gasteiger partial charge is 0.0651 e. The van der Waals surface area contributed by atoms with Crippen molar-refractivity contribution in [1.29, 1.82) is 0 Å². The summed E-state index contributed by atoms with van der Waals surface area (Å²) in [7, 11) is -3.14. The minimum absolute atomic E-state index is 0.694. The standard InChI is InChI=1S/C25H54Si2/c1-18(2)26(19(3)4,20(5)6)25(16-14-24(13)15-17-25)27(21(7)8,22(9)10)23(11)12/h18-24H,14-17H2,1-13H3. The molecule has 0 bridgehead atoms. The summed E-state index contributed by atoms with van der Waals surface area (Å²) in [6.07, 6.45) is 6.08. The Bertz CT molecular complexity index is 373. The van der Waals surface area contributed by atoms with Crippen LogP contribution in [0.15, 0.2) is 0 Å². The van der Waals surface area contributed by atoms with Crippen LogP contribution in [0.5, 0.6) is 0 Å². The molecule has 1 fully saturated rings. The summed E-state index contributed by atoms with van der Waals surface area (Å²) in [6.45, 7) is 34.1. The van der Waals surface area contributed by atoms with Gasteiger partial charge in [-0.1, -0.05) is 149 Å². The zero-order valence-electron chi connectivity index (χ0n) is 21.4. The molecule has 0 saturated heterocycles. The average Bonchev–Trinajstić information content (AvgIpc) is 2.48. The number of hydrogen-bond donors (Lipinski definition) is 0. The molecule has 0 aromatic heterocycles. The first kappa shape index (κ1) is 25.5. The molecule has 0 N–H and O–H groups in total. The zero-order valence-corrected chi connectivity index (χ0v) is 23.4. The van der Waals surface area contributed by atoms with Crippen LogP contribution in [0.4, 0.5) is 0 Å². The van der Waals surface area contributed by atoms with Crippen molar-refractivity contribution in [1.82, 2.24) is 0 Å². The second-order valence-electron chi connectivity index (χ2n) is 12.1. The van der Waals surface area contributed by atoms with Crippen molar-refractivity contribution >= 4 is 16.1 Å². The lowest BCUT2D eigenvalue weighted by Gasteiger charge is -2.70. The molecule has 0 nitrogen and oxygen atoms in total. The van der Waals surface area contributed by atoms with Gasteiger partial charge in [-0.2, -0.15) is 0 Å². The molecule has 0 radical (unpaired) electrons.